The number of carbonyl (C=O) groups excluding carboxylic acids is 1. The fourth-order valence-corrected chi connectivity index (χ4v) is 3.62. The van der Waals surface area contributed by atoms with Gasteiger partial charge in [0.15, 0.2) is 0 Å². The fourth-order valence-electron chi connectivity index (χ4n) is 3.05. The lowest BCUT2D eigenvalue weighted by Crippen LogP contribution is -2.36. The number of nitrogens with one attached hydrogen (secondary N) is 2. The number of benzene rings is 1. The van der Waals surface area contributed by atoms with E-state index in [1.165, 1.54) is 12.8 Å². The van der Waals surface area contributed by atoms with Crippen LogP contribution in [0.4, 0.5) is 10.6 Å². The first kappa shape index (κ1) is 18.8. The number of carbonyl (C=O) groups is 1. The molecule has 2 heterocycles. The summed E-state index contributed by atoms with van der Waals surface area (Å²) in [4.78, 5) is 18.9. The lowest BCUT2D eigenvalue weighted by atomic mass is 10.1. The fraction of sp³-hybridized carbons (Fsp3) is 0.368. The highest BCUT2D eigenvalue weighted by molar-refractivity contribution is 6.35. The molecule has 0 aliphatic carbocycles. The first-order chi connectivity index (χ1) is 12.5. The molecule has 7 heteroatoms. The Morgan fingerprint density at radius 3 is 2.73 bits per heavy atom. The topological polar surface area (TPSA) is 57.3 Å². The van der Waals surface area contributed by atoms with Gasteiger partial charge in [-0.05, 0) is 55.2 Å². The number of halogens is 2. The molecule has 1 atom stereocenters. The van der Waals surface area contributed by atoms with Crippen LogP contribution in [0, 0.1) is 0 Å². The summed E-state index contributed by atoms with van der Waals surface area (Å²) < 4.78 is 0. The van der Waals surface area contributed by atoms with Gasteiger partial charge in [-0.1, -0.05) is 29.3 Å². The summed E-state index contributed by atoms with van der Waals surface area (Å²) in [6.07, 6.45) is 4.20. The average molecular weight is 393 g/mol. The summed E-state index contributed by atoms with van der Waals surface area (Å²) in [5.41, 5.74) is 1.85. The molecule has 0 radical (unpaired) electrons. The number of aromatic nitrogens is 1. The first-order valence-corrected chi connectivity index (χ1v) is 9.48. The Kier molecular flexibility index (Phi) is 6.22. The Morgan fingerprint density at radius 2 is 2.00 bits per heavy atom. The van der Waals surface area contributed by atoms with E-state index in [1.54, 1.807) is 18.3 Å². The Bertz CT molecular complexity index is 778. The van der Waals surface area contributed by atoms with Gasteiger partial charge < -0.3 is 15.5 Å². The molecule has 2 amide bonds. The van der Waals surface area contributed by atoms with Gasteiger partial charge in [0.05, 0.1) is 6.04 Å². The second-order valence-corrected chi connectivity index (χ2v) is 7.27. The van der Waals surface area contributed by atoms with E-state index in [4.69, 9.17) is 23.2 Å². The van der Waals surface area contributed by atoms with Crippen molar-refractivity contribution in [2.24, 2.45) is 0 Å². The summed E-state index contributed by atoms with van der Waals surface area (Å²) >= 11 is 12.1. The maximum absolute atomic E-state index is 12.2. The number of hydrogen-bond acceptors (Lipinski definition) is 3. The van der Waals surface area contributed by atoms with Gasteiger partial charge in [-0.2, -0.15) is 0 Å². The highest BCUT2D eigenvalue weighted by atomic mass is 35.5. The van der Waals surface area contributed by atoms with E-state index in [2.05, 4.69) is 20.5 Å². The van der Waals surface area contributed by atoms with Crippen LogP contribution in [0.2, 0.25) is 10.0 Å². The molecule has 0 spiro atoms. The number of rotatable bonds is 5. The normalized spacial score (nSPS) is 15.0. The SMILES string of the molecule is CC(NC(=O)NCc1ccnc(N2CCCC2)c1)c1ccc(Cl)cc1Cl. The molecule has 2 aromatic rings. The van der Waals surface area contributed by atoms with Gasteiger partial charge in [0.1, 0.15) is 5.82 Å². The third-order valence-corrected chi connectivity index (χ3v) is 5.03. The number of hydrogen-bond donors (Lipinski definition) is 2. The van der Waals surface area contributed by atoms with E-state index in [-0.39, 0.29) is 12.1 Å². The lowest BCUT2D eigenvalue weighted by Gasteiger charge is -2.18. The molecular weight excluding hydrogens is 371 g/mol. The molecule has 2 N–H and O–H groups in total. The molecule has 0 saturated carbocycles. The summed E-state index contributed by atoms with van der Waals surface area (Å²) in [6, 6.07) is 8.73. The molecule has 138 valence electrons. The number of amides is 2. The zero-order valence-corrected chi connectivity index (χ0v) is 16.1. The zero-order valence-electron chi connectivity index (χ0n) is 14.6. The molecule has 1 aliphatic heterocycles. The van der Waals surface area contributed by atoms with E-state index >= 15 is 0 Å². The van der Waals surface area contributed by atoms with E-state index in [0.717, 1.165) is 30.0 Å². The van der Waals surface area contributed by atoms with Crippen LogP contribution in [0.1, 0.15) is 36.9 Å². The second-order valence-electron chi connectivity index (χ2n) is 6.43. The van der Waals surface area contributed by atoms with Crippen molar-refractivity contribution < 1.29 is 4.79 Å². The van der Waals surface area contributed by atoms with Crippen LogP contribution in [0.15, 0.2) is 36.5 Å². The van der Waals surface area contributed by atoms with Crippen molar-refractivity contribution in [1.82, 2.24) is 15.6 Å². The van der Waals surface area contributed by atoms with Crippen molar-refractivity contribution in [3.63, 3.8) is 0 Å². The van der Waals surface area contributed by atoms with Crippen LogP contribution in [0.5, 0.6) is 0 Å². The smallest absolute Gasteiger partial charge is 0.315 e. The van der Waals surface area contributed by atoms with Crippen LogP contribution in [-0.4, -0.2) is 24.1 Å². The van der Waals surface area contributed by atoms with E-state index in [9.17, 15) is 4.79 Å². The average Bonchev–Trinajstić information content (AvgIpc) is 3.15. The summed E-state index contributed by atoms with van der Waals surface area (Å²) in [5.74, 6) is 0.975. The lowest BCUT2D eigenvalue weighted by molar-refractivity contribution is 0.237. The zero-order chi connectivity index (χ0) is 18.5. The predicted molar refractivity (Wildman–Crippen MR) is 106 cm³/mol. The number of urea groups is 1. The molecule has 1 aromatic carbocycles. The van der Waals surface area contributed by atoms with E-state index in [0.29, 0.717) is 16.6 Å². The molecule has 5 nitrogen and oxygen atoms in total. The van der Waals surface area contributed by atoms with Gasteiger partial charge in [0.25, 0.3) is 0 Å². The summed E-state index contributed by atoms with van der Waals surface area (Å²) in [5, 5.41) is 6.88. The maximum atomic E-state index is 12.2. The van der Waals surface area contributed by atoms with Crippen molar-refractivity contribution in [2.45, 2.75) is 32.4 Å². The Morgan fingerprint density at radius 1 is 1.23 bits per heavy atom. The Balaban J connectivity index is 1.54. The number of nitrogens with zero attached hydrogens (tertiary/aromatic N) is 2. The van der Waals surface area contributed by atoms with Crippen molar-refractivity contribution in [2.75, 3.05) is 18.0 Å². The largest absolute Gasteiger partial charge is 0.357 e. The van der Waals surface area contributed by atoms with Gasteiger partial charge in [-0.25, -0.2) is 9.78 Å². The van der Waals surface area contributed by atoms with Gasteiger partial charge in [0.2, 0.25) is 0 Å². The third kappa shape index (κ3) is 4.80. The monoisotopic (exact) mass is 392 g/mol. The minimum absolute atomic E-state index is 0.225. The third-order valence-electron chi connectivity index (χ3n) is 4.47. The van der Waals surface area contributed by atoms with Gasteiger partial charge in [0, 0.05) is 35.9 Å². The molecule has 3 rings (SSSR count). The summed E-state index contributed by atoms with van der Waals surface area (Å²) in [7, 11) is 0. The molecule has 1 aromatic heterocycles. The highest BCUT2D eigenvalue weighted by Crippen LogP contribution is 2.26. The molecular formula is C19H22Cl2N4O. The Labute approximate surface area is 163 Å². The first-order valence-electron chi connectivity index (χ1n) is 8.72. The highest BCUT2D eigenvalue weighted by Gasteiger charge is 2.15. The standard InChI is InChI=1S/C19H22Cl2N4O/c1-13(16-5-4-15(20)11-17(16)21)24-19(26)23-12-14-6-7-22-18(10-14)25-8-2-3-9-25/h4-7,10-11,13H,2-3,8-9,12H2,1H3,(H2,23,24,26). The van der Waals surface area contributed by atoms with Crippen molar-refractivity contribution in [3.8, 4) is 0 Å². The Hall–Kier alpha value is -1.98. The van der Waals surface area contributed by atoms with Gasteiger partial charge in [-0.15, -0.1) is 0 Å². The molecule has 26 heavy (non-hydrogen) atoms. The molecule has 1 unspecified atom stereocenters. The molecule has 0 bridgehead atoms. The van der Waals surface area contributed by atoms with Gasteiger partial charge in [-0.3, -0.25) is 0 Å². The predicted octanol–water partition coefficient (Wildman–Crippen LogP) is 4.55. The quantitative estimate of drug-likeness (QED) is 0.784. The summed E-state index contributed by atoms with van der Waals surface area (Å²) in [6.45, 7) is 4.41. The maximum Gasteiger partial charge on any atom is 0.315 e. The second kappa shape index (κ2) is 8.60. The van der Waals surface area contributed by atoms with Crippen LogP contribution < -0.4 is 15.5 Å². The van der Waals surface area contributed by atoms with E-state index < -0.39 is 0 Å². The minimum Gasteiger partial charge on any atom is -0.357 e. The van der Waals surface area contributed by atoms with Crippen LogP contribution >= 0.6 is 23.2 Å². The van der Waals surface area contributed by atoms with Crippen molar-refractivity contribution in [3.05, 3.63) is 57.7 Å². The van der Waals surface area contributed by atoms with Crippen LogP contribution in [0.3, 0.4) is 0 Å². The number of pyridine rings is 1. The van der Waals surface area contributed by atoms with Crippen molar-refractivity contribution >= 4 is 35.1 Å². The molecule has 1 saturated heterocycles. The molecule has 1 fully saturated rings. The van der Waals surface area contributed by atoms with E-state index in [1.807, 2.05) is 25.1 Å². The van der Waals surface area contributed by atoms with Crippen LogP contribution in [0.25, 0.3) is 0 Å². The van der Waals surface area contributed by atoms with Crippen molar-refractivity contribution in [1.29, 1.82) is 0 Å². The molecule has 1 aliphatic rings. The van der Waals surface area contributed by atoms with Gasteiger partial charge >= 0.3 is 6.03 Å². The van der Waals surface area contributed by atoms with Crippen LogP contribution in [-0.2, 0) is 6.54 Å². The minimum atomic E-state index is -0.247. The number of anilines is 1.